The van der Waals surface area contributed by atoms with E-state index in [0.717, 1.165) is 18.5 Å². The van der Waals surface area contributed by atoms with Gasteiger partial charge in [0.15, 0.2) is 0 Å². The van der Waals surface area contributed by atoms with Crippen LogP contribution in [0.3, 0.4) is 0 Å². The number of amides is 1. The molecular formula is C11H18N4O. The van der Waals surface area contributed by atoms with Crippen LogP contribution in [0.4, 0.5) is 5.82 Å². The fraction of sp³-hybridized carbons (Fsp3) is 0.455. The Hall–Kier alpha value is -1.62. The molecule has 5 nitrogen and oxygen atoms in total. The molecule has 0 fully saturated rings. The van der Waals surface area contributed by atoms with Gasteiger partial charge in [-0.25, -0.2) is 9.99 Å². The minimum atomic E-state index is -0.170. The summed E-state index contributed by atoms with van der Waals surface area (Å²) in [6.45, 7) is 2.06. The Morgan fingerprint density at radius 2 is 2.19 bits per heavy atom. The van der Waals surface area contributed by atoms with Crippen LogP contribution in [0, 0.1) is 0 Å². The van der Waals surface area contributed by atoms with Crippen molar-refractivity contribution in [3.63, 3.8) is 0 Å². The second kappa shape index (κ2) is 5.46. The van der Waals surface area contributed by atoms with Crippen molar-refractivity contribution in [3.05, 3.63) is 23.4 Å². The number of aromatic nitrogens is 1. The van der Waals surface area contributed by atoms with E-state index in [9.17, 15) is 4.79 Å². The molecule has 0 saturated carbocycles. The van der Waals surface area contributed by atoms with Crippen LogP contribution in [0.2, 0.25) is 0 Å². The third-order valence-electron chi connectivity index (χ3n) is 1.99. The number of nitrogen functional groups attached to an aromatic ring is 1. The number of nitrogens with zero attached hydrogens (tertiary/aromatic N) is 2. The second-order valence-corrected chi connectivity index (χ2v) is 3.86. The summed E-state index contributed by atoms with van der Waals surface area (Å²) in [5.74, 6) is 0.214. The zero-order valence-corrected chi connectivity index (χ0v) is 9.95. The summed E-state index contributed by atoms with van der Waals surface area (Å²) >= 11 is 0. The molecule has 1 aromatic rings. The molecule has 5 heteroatoms. The zero-order chi connectivity index (χ0) is 12.1. The lowest BCUT2D eigenvalue weighted by atomic mass is 10.1. The van der Waals surface area contributed by atoms with Gasteiger partial charge in [0.25, 0.3) is 5.91 Å². The molecule has 1 aromatic heterocycles. The van der Waals surface area contributed by atoms with Crippen LogP contribution in [0.5, 0.6) is 0 Å². The second-order valence-electron chi connectivity index (χ2n) is 3.86. The van der Waals surface area contributed by atoms with E-state index in [4.69, 9.17) is 5.73 Å². The van der Waals surface area contributed by atoms with Crippen LogP contribution in [0.1, 0.15) is 29.4 Å². The molecule has 0 saturated heterocycles. The van der Waals surface area contributed by atoms with Gasteiger partial charge in [-0.05, 0) is 18.6 Å². The lowest BCUT2D eigenvalue weighted by Crippen LogP contribution is -2.36. The molecule has 0 unspecified atom stereocenters. The number of anilines is 1. The van der Waals surface area contributed by atoms with Gasteiger partial charge in [-0.1, -0.05) is 13.3 Å². The standard InChI is InChI=1S/C11H18N4O/c1-4-5-9-6-8(7-10(12)13-9)11(16)14-15(2)3/h6-7H,4-5H2,1-3H3,(H2,12,13)(H,14,16). The first kappa shape index (κ1) is 12.4. The summed E-state index contributed by atoms with van der Waals surface area (Å²) in [5, 5.41) is 1.60. The van der Waals surface area contributed by atoms with Crippen molar-refractivity contribution in [2.45, 2.75) is 19.8 Å². The van der Waals surface area contributed by atoms with E-state index in [1.807, 2.05) is 0 Å². The molecule has 0 radical (unpaired) electrons. The number of nitrogens with two attached hydrogens (primary N) is 1. The number of aryl methyl sites for hydroxylation is 1. The van der Waals surface area contributed by atoms with Crippen molar-refractivity contribution in [2.75, 3.05) is 19.8 Å². The summed E-state index contributed by atoms with van der Waals surface area (Å²) in [7, 11) is 3.52. The number of hydrazine groups is 1. The molecular weight excluding hydrogens is 204 g/mol. The van der Waals surface area contributed by atoms with Gasteiger partial charge in [0.1, 0.15) is 5.82 Å². The number of carbonyl (C=O) groups excluding carboxylic acids is 1. The molecule has 0 aliphatic rings. The van der Waals surface area contributed by atoms with Crippen LogP contribution < -0.4 is 11.2 Å². The Balaban J connectivity index is 2.91. The zero-order valence-electron chi connectivity index (χ0n) is 9.95. The van der Waals surface area contributed by atoms with E-state index >= 15 is 0 Å². The number of rotatable bonds is 4. The third kappa shape index (κ3) is 3.51. The van der Waals surface area contributed by atoms with Gasteiger partial charge in [-0.3, -0.25) is 10.2 Å². The van der Waals surface area contributed by atoms with Crippen LogP contribution in [-0.2, 0) is 6.42 Å². The molecule has 3 N–H and O–H groups in total. The SMILES string of the molecule is CCCc1cc(C(=O)NN(C)C)cc(N)n1. The Bertz CT molecular complexity index is 376. The van der Waals surface area contributed by atoms with E-state index < -0.39 is 0 Å². The lowest BCUT2D eigenvalue weighted by molar-refractivity contribution is 0.0856. The largest absolute Gasteiger partial charge is 0.384 e. The van der Waals surface area contributed by atoms with Crippen LogP contribution in [-0.4, -0.2) is 30.0 Å². The van der Waals surface area contributed by atoms with E-state index in [1.54, 1.807) is 31.2 Å². The molecule has 0 bridgehead atoms. The highest BCUT2D eigenvalue weighted by Crippen LogP contribution is 2.09. The molecule has 0 aliphatic carbocycles. The molecule has 1 heterocycles. The van der Waals surface area contributed by atoms with Gasteiger partial charge >= 0.3 is 0 Å². The van der Waals surface area contributed by atoms with Crippen molar-refractivity contribution < 1.29 is 4.79 Å². The quantitative estimate of drug-likeness (QED) is 0.740. The highest BCUT2D eigenvalue weighted by Gasteiger charge is 2.08. The molecule has 1 rings (SSSR count). The van der Waals surface area contributed by atoms with Gasteiger partial charge in [0.05, 0.1) is 0 Å². The minimum Gasteiger partial charge on any atom is -0.384 e. The van der Waals surface area contributed by atoms with Gasteiger partial charge in [-0.15, -0.1) is 0 Å². The highest BCUT2D eigenvalue weighted by molar-refractivity contribution is 5.94. The van der Waals surface area contributed by atoms with E-state index in [-0.39, 0.29) is 5.91 Å². The van der Waals surface area contributed by atoms with Crippen LogP contribution in [0.15, 0.2) is 12.1 Å². The topological polar surface area (TPSA) is 71.2 Å². The van der Waals surface area contributed by atoms with Crippen molar-refractivity contribution in [1.29, 1.82) is 0 Å². The first-order valence-electron chi connectivity index (χ1n) is 5.27. The van der Waals surface area contributed by atoms with Crippen molar-refractivity contribution in [2.24, 2.45) is 0 Å². The Morgan fingerprint density at radius 3 is 2.75 bits per heavy atom. The fourth-order valence-corrected chi connectivity index (χ4v) is 1.39. The van der Waals surface area contributed by atoms with Gasteiger partial charge in [0.2, 0.25) is 0 Å². The number of hydrogen-bond donors (Lipinski definition) is 2. The summed E-state index contributed by atoms with van der Waals surface area (Å²) in [4.78, 5) is 15.9. The fourth-order valence-electron chi connectivity index (χ4n) is 1.39. The number of pyridine rings is 1. The smallest absolute Gasteiger partial charge is 0.265 e. The molecule has 0 aliphatic heterocycles. The first-order chi connectivity index (χ1) is 7.52. The number of hydrogen-bond acceptors (Lipinski definition) is 4. The molecule has 1 amide bonds. The Morgan fingerprint density at radius 1 is 1.50 bits per heavy atom. The van der Waals surface area contributed by atoms with E-state index in [1.165, 1.54) is 0 Å². The van der Waals surface area contributed by atoms with Gasteiger partial charge in [-0.2, -0.15) is 0 Å². The third-order valence-corrected chi connectivity index (χ3v) is 1.99. The molecule has 0 aromatic carbocycles. The minimum absolute atomic E-state index is 0.170. The molecule has 0 spiro atoms. The number of carbonyl (C=O) groups is 1. The summed E-state index contributed by atoms with van der Waals surface area (Å²) in [6, 6.07) is 3.36. The average Bonchev–Trinajstić information content (AvgIpc) is 2.16. The molecule has 88 valence electrons. The van der Waals surface area contributed by atoms with Gasteiger partial charge < -0.3 is 5.73 Å². The molecule has 16 heavy (non-hydrogen) atoms. The molecule has 0 atom stereocenters. The summed E-state index contributed by atoms with van der Waals surface area (Å²) in [6.07, 6.45) is 1.80. The van der Waals surface area contributed by atoms with E-state index in [0.29, 0.717) is 11.4 Å². The van der Waals surface area contributed by atoms with Crippen molar-refractivity contribution in [3.8, 4) is 0 Å². The maximum atomic E-state index is 11.7. The predicted octanol–water partition coefficient (Wildman–Crippen LogP) is 0.823. The number of nitrogens with one attached hydrogen (secondary N) is 1. The normalized spacial score (nSPS) is 10.5. The Kier molecular flexibility index (Phi) is 4.25. The van der Waals surface area contributed by atoms with Crippen LogP contribution in [0.25, 0.3) is 0 Å². The van der Waals surface area contributed by atoms with Crippen molar-refractivity contribution >= 4 is 11.7 Å². The highest BCUT2D eigenvalue weighted by atomic mass is 16.2. The summed E-state index contributed by atoms with van der Waals surface area (Å²) < 4.78 is 0. The summed E-state index contributed by atoms with van der Waals surface area (Å²) in [5.41, 5.74) is 9.72. The Labute approximate surface area is 95.6 Å². The van der Waals surface area contributed by atoms with E-state index in [2.05, 4.69) is 17.3 Å². The van der Waals surface area contributed by atoms with Crippen LogP contribution >= 0.6 is 0 Å². The maximum Gasteiger partial charge on any atom is 0.265 e. The average molecular weight is 222 g/mol. The maximum absolute atomic E-state index is 11.7. The lowest BCUT2D eigenvalue weighted by Gasteiger charge is -2.12. The first-order valence-corrected chi connectivity index (χ1v) is 5.27. The monoisotopic (exact) mass is 222 g/mol. The van der Waals surface area contributed by atoms with Gasteiger partial charge in [0, 0.05) is 25.4 Å². The predicted molar refractivity (Wildman–Crippen MR) is 63.8 cm³/mol. The van der Waals surface area contributed by atoms with Crippen molar-refractivity contribution in [1.82, 2.24) is 15.4 Å².